The highest BCUT2D eigenvalue weighted by molar-refractivity contribution is 5.84. The van der Waals surface area contributed by atoms with Crippen molar-refractivity contribution in [2.75, 3.05) is 0 Å². The molecule has 0 aromatic heterocycles. The Kier molecular flexibility index (Phi) is 11.0. The minimum Gasteiger partial charge on any atom is -0.206 e. The number of nitrogens with zero attached hydrogens (tertiary/aromatic N) is 8. The Morgan fingerprint density at radius 1 is 0.339 bits per heavy atom. The first-order chi connectivity index (χ1) is 26.4. The molecule has 0 saturated carbocycles. The van der Waals surface area contributed by atoms with Crippen molar-refractivity contribution in [1.82, 2.24) is 0 Å². The van der Waals surface area contributed by atoms with Crippen molar-refractivity contribution in [2.45, 2.75) is 12.4 Å². The predicted molar refractivity (Wildman–Crippen MR) is 170 cm³/mol. The van der Waals surface area contributed by atoms with Crippen LogP contribution in [0.5, 0.6) is 0 Å². The van der Waals surface area contributed by atoms with E-state index in [0.29, 0.717) is 0 Å². The summed E-state index contributed by atoms with van der Waals surface area (Å²) in [6, 6.07) is 17.4. The number of hydrogen-bond donors (Lipinski definition) is 0. The van der Waals surface area contributed by atoms with Crippen LogP contribution in [-0.2, 0) is 12.4 Å². The Morgan fingerprint density at radius 3 is 0.768 bits per heavy atom. The molecular weight excluding hydrogens is 758 g/mol. The van der Waals surface area contributed by atoms with E-state index in [4.69, 9.17) is 0 Å². The second-order valence-electron chi connectivity index (χ2n) is 10.8. The van der Waals surface area contributed by atoms with Gasteiger partial charge in [0, 0.05) is 11.1 Å². The van der Waals surface area contributed by atoms with Gasteiger partial charge in [-0.2, -0.15) is 68.4 Å². The summed E-state index contributed by atoms with van der Waals surface area (Å²) in [5.41, 5.74) is -13.3. The summed E-state index contributed by atoms with van der Waals surface area (Å²) in [5.74, 6) is -8.62. The van der Waals surface area contributed by atoms with Crippen molar-refractivity contribution in [3.8, 4) is 81.9 Å². The quantitative estimate of drug-likeness (QED) is 0.224. The van der Waals surface area contributed by atoms with Crippen molar-refractivity contribution in [3.05, 3.63) is 104 Å². The Balaban J connectivity index is 2.06. The van der Waals surface area contributed by atoms with Crippen LogP contribution >= 0.6 is 0 Å². The van der Waals surface area contributed by atoms with E-state index in [1.807, 2.05) is 0 Å². The summed E-state index contributed by atoms with van der Waals surface area (Å²) in [4.78, 5) is 0. The molecule has 0 aliphatic rings. The highest BCUT2D eigenvalue weighted by Gasteiger charge is 2.41. The number of rotatable bonds is 3. The molecule has 56 heavy (non-hydrogen) atoms. The first-order valence-corrected chi connectivity index (χ1v) is 14.6. The number of benzene rings is 4. The monoisotopic (exact) mass is 766 g/mol. The predicted octanol–water partition coefficient (Wildman–Crippen LogP) is 6.07. The van der Waals surface area contributed by atoms with E-state index < -0.39 is 112 Å². The van der Waals surface area contributed by atoms with E-state index >= 15 is 17.6 Å². The molecule has 0 N–H and O–H groups in total. The summed E-state index contributed by atoms with van der Waals surface area (Å²) < 4.78 is 148. The summed E-state index contributed by atoms with van der Waals surface area (Å²) in [5, 5.41) is 68.2. The molecule has 0 radical (unpaired) electrons. The third kappa shape index (κ3) is 6.78. The van der Waals surface area contributed by atoms with Gasteiger partial charge in [-0.15, -0.1) is 0 Å². The molecule has 270 valence electrons. The molecule has 0 aliphatic carbocycles. The molecule has 0 bridgehead atoms. The molecular formula is C38H8F10N8. The first kappa shape index (κ1) is 40.4. The molecule has 0 atom stereocenters. The van der Waals surface area contributed by atoms with Crippen molar-refractivity contribution in [3.63, 3.8) is 0 Å². The fourth-order valence-corrected chi connectivity index (χ4v) is 5.60. The zero-order chi connectivity index (χ0) is 41.9. The average molecular weight is 767 g/mol. The second-order valence-corrected chi connectivity index (χ2v) is 10.8. The molecule has 4 aromatic rings. The van der Waals surface area contributed by atoms with Crippen molar-refractivity contribution in [1.29, 1.82) is 42.1 Å². The van der Waals surface area contributed by atoms with Gasteiger partial charge in [-0.25, -0.2) is 17.6 Å². The van der Waals surface area contributed by atoms with Gasteiger partial charge in [0.1, 0.15) is 105 Å². The standard InChI is InChI=1S/C38H8F10N8/c39-33-25(27(21(9-49)10-50)35(41)31(37(43,44)45)29(33)23(13-53)14-54)19-5-1-17(2-6-19)18-3-7-20(8-4-18)26-28(22(11-51)12-52)36(42)32(38(46,47)48)30(34(26)40)24(15-55)16-56/h1-8H. The Labute approximate surface area is 306 Å². The molecule has 0 spiro atoms. The molecule has 0 amide bonds. The van der Waals surface area contributed by atoms with E-state index in [-0.39, 0.29) is 11.1 Å². The van der Waals surface area contributed by atoms with Gasteiger partial charge in [0.25, 0.3) is 0 Å². The van der Waals surface area contributed by atoms with Gasteiger partial charge in [-0.3, -0.25) is 0 Å². The highest BCUT2D eigenvalue weighted by atomic mass is 19.4. The van der Waals surface area contributed by atoms with Gasteiger partial charge in [-0.05, 0) is 22.3 Å². The smallest absolute Gasteiger partial charge is 0.206 e. The Bertz CT molecular complexity index is 2730. The lowest BCUT2D eigenvalue weighted by Crippen LogP contribution is -2.34. The van der Waals surface area contributed by atoms with Gasteiger partial charge in [0.15, 0.2) is 0 Å². The number of nitriles is 8. The number of hydrogen-bond acceptors (Lipinski definition) is 8. The normalized spacial score (nSPS) is 10.5. The molecule has 0 saturated heterocycles. The van der Waals surface area contributed by atoms with E-state index in [1.165, 1.54) is 24.3 Å². The molecule has 4 aromatic carbocycles. The summed E-state index contributed by atoms with van der Waals surface area (Å²) in [7, 11) is 0. The van der Waals surface area contributed by atoms with Gasteiger partial charge in [0.2, 0.25) is 0 Å². The maximum atomic E-state index is 16.1. The molecule has 0 aliphatic heterocycles. The summed E-state index contributed by atoms with van der Waals surface area (Å²) in [6.07, 6.45) is -11.5. The zero-order valence-corrected chi connectivity index (χ0v) is 27.0. The Morgan fingerprint density at radius 2 is 0.554 bits per heavy atom. The number of alkyl halides is 6. The molecule has 4 rings (SSSR count). The van der Waals surface area contributed by atoms with Gasteiger partial charge in [-0.1, -0.05) is 48.5 Å². The fraction of sp³-hybridized carbons (Fsp3) is 0.0526. The average Bonchev–Trinajstić information content (AvgIpc) is 3.16. The highest BCUT2D eigenvalue weighted by Crippen LogP contribution is 2.34. The molecule has 18 heteroatoms. The second kappa shape index (κ2) is 15.3. The van der Waals surface area contributed by atoms with Crippen LogP contribution in [0.25, 0.3) is 55.7 Å². The SMILES string of the molecule is N#CC(C#N)=c1c(F)c(C(F)(F)F)c(=C(C#N)C#N)c(F)c1-c1ccc(-c2ccc(-c3c(F)c(=C(C#N)C#N)c(C(F)(F)F)c(F)c3=C(C#N)C#N)cc2)cc1. The van der Waals surface area contributed by atoms with Crippen molar-refractivity contribution < 1.29 is 43.9 Å². The van der Waals surface area contributed by atoms with Crippen molar-refractivity contribution >= 4 is 22.3 Å². The topological polar surface area (TPSA) is 190 Å². The van der Waals surface area contributed by atoms with Gasteiger partial charge < -0.3 is 0 Å². The van der Waals surface area contributed by atoms with Crippen LogP contribution in [-0.4, -0.2) is 0 Å². The first-order valence-electron chi connectivity index (χ1n) is 14.6. The van der Waals surface area contributed by atoms with Crippen LogP contribution < -0.4 is 20.9 Å². The van der Waals surface area contributed by atoms with Crippen LogP contribution in [0.1, 0.15) is 11.1 Å². The lowest BCUT2D eigenvalue weighted by Gasteiger charge is -2.16. The van der Waals surface area contributed by atoms with E-state index in [1.54, 1.807) is 0 Å². The molecule has 0 unspecified atom stereocenters. The van der Waals surface area contributed by atoms with Crippen LogP contribution in [0.4, 0.5) is 43.9 Å². The third-order valence-corrected chi connectivity index (χ3v) is 7.90. The van der Waals surface area contributed by atoms with Crippen LogP contribution in [0.3, 0.4) is 0 Å². The van der Waals surface area contributed by atoms with Crippen LogP contribution in [0, 0.1) is 114 Å². The number of halogens is 10. The Hall–Kier alpha value is -8.42. The fourth-order valence-electron chi connectivity index (χ4n) is 5.60. The van der Waals surface area contributed by atoms with E-state index in [0.717, 1.165) is 72.8 Å². The molecule has 0 fully saturated rings. The largest absolute Gasteiger partial charge is 0.420 e. The zero-order valence-electron chi connectivity index (χ0n) is 27.0. The van der Waals surface area contributed by atoms with Gasteiger partial charge in [0.05, 0.1) is 20.9 Å². The minimum absolute atomic E-state index is 0.131. The summed E-state index contributed by atoms with van der Waals surface area (Å²) in [6.45, 7) is 0. The maximum absolute atomic E-state index is 16.1. The third-order valence-electron chi connectivity index (χ3n) is 7.90. The van der Waals surface area contributed by atoms with Crippen LogP contribution in [0.2, 0.25) is 0 Å². The molecule has 0 heterocycles. The minimum atomic E-state index is -5.73. The van der Waals surface area contributed by atoms with E-state index in [2.05, 4.69) is 0 Å². The van der Waals surface area contributed by atoms with E-state index in [9.17, 15) is 68.4 Å². The van der Waals surface area contributed by atoms with Crippen LogP contribution in [0.15, 0.2) is 48.5 Å². The van der Waals surface area contributed by atoms with Gasteiger partial charge >= 0.3 is 12.4 Å². The lowest BCUT2D eigenvalue weighted by atomic mass is 9.91. The van der Waals surface area contributed by atoms with Crippen molar-refractivity contribution in [2.24, 2.45) is 0 Å². The maximum Gasteiger partial charge on any atom is 0.420 e. The summed E-state index contributed by atoms with van der Waals surface area (Å²) >= 11 is 0. The lowest BCUT2D eigenvalue weighted by molar-refractivity contribution is -0.141. The molecule has 8 nitrogen and oxygen atoms in total.